The molecule has 1 saturated heterocycles. The molecule has 0 unspecified atom stereocenters. The summed E-state index contributed by atoms with van der Waals surface area (Å²) in [5.74, 6) is -0.513. The number of nitrogens with one attached hydrogen (secondary N) is 1. The van der Waals surface area contributed by atoms with Gasteiger partial charge in [0.05, 0.1) is 19.3 Å². The first kappa shape index (κ1) is 16.0. The van der Waals surface area contributed by atoms with E-state index in [0.717, 1.165) is 0 Å². The quantitative estimate of drug-likeness (QED) is 0.644. The van der Waals surface area contributed by atoms with Gasteiger partial charge in [-0.3, -0.25) is 4.57 Å². The van der Waals surface area contributed by atoms with Gasteiger partial charge in [0.1, 0.15) is 0 Å². The summed E-state index contributed by atoms with van der Waals surface area (Å²) in [5.41, 5.74) is 0.697. The third kappa shape index (κ3) is 3.46. The van der Waals surface area contributed by atoms with Gasteiger partial charge in [0.2, 0.25) is 0 Å². The van der Waals surface area contributed by atoms with Crippen LogP contribution in [0.2, 0.25) is 0 Å². The van der Waals surface area contributed by atoms with E-state index in [9.17, 15) is 9.36 Å². The van der Waals surface area contributed by atoms with Crippen molar-refractivity contribution in [2.24, 2.45) is 0 Å². The lowest BCUT2D eigenvalue weighted by Crippen LogP contribution is -2.22. The molecule has 2 amide bonds. The third-order valence-corrected chi connectivity index (χ3v) is 5.83. The summed E-state index contributed by atoms with van der Waals surface area (Å²) < 4.78 is 23.3. The van der Waals surface area contributed by atoms with Crippen LogP contribution in [0.15, 0.2) is 30.3 Å². The van der Waals surface area contributed by atoms with Crippen molar-refractivity contribution in [3.8, 4) is 0 Å². The van der Waals surface area contributed by atoms with Gasteiger partial charge in [0.25, 0.3) is 0 Å². The molecule has 1 aromatic carbocycles. The van der Waals surface area contributed by atoms with E-state index < -0.39 is 13.4 Å². The Kier molecular flexibility index (Phi) is 5.04. The second kappa shape index (κ2) is 6.60. The molecule has 1 aromatic rings. The topological polar surface area (TPSA) is 67.6 Å². The number of hydrogen-bond acceptors (Lipinski definition) is 4. The zero-order chi connectivity index (χ0) is 15.5. The smallest absolute Gasteiger partial charge is 0.308 e. The zero-order valence-corrected chi connectivity index (χ0v) is 13.4. The summed E-state index contributed by atoms with van der Waals surface area (Å²) in [6, 6.07) is 8.68. The standard InChI is InChI=1S/C14H21N2O4P/c1-4-19-21(18,20-5-2)13-11(3)16(13)14(17)15-12-9-7-6-8-10-12/h6-11,13H,4-5H2,1-3H3,(H,15,17)/t11-,13+,16?/m0/s1. The maximum absolute atomic E-state index is 12.7. The SMILES string of the molecule is CCOP(=O)(OCC)[C@@H]1[C@H](C)N1C(=O)Nc1ccccc1. The molecule has 0 saturated carbocycles. The summed E-state index contributed by atoms with van der Waals surface area (Å²) in [6.07, 6.45) is 0. The molecule has 2 atom stereocenters. The molecule has 116 valence electrons. The number of nitrogens with zero attached hydrogens (tertiary/aromatic N) is 1. The van der Waals surface area contributed by atoms with Gasteiger partial charge < -0.3 is 19.3 Å². The molecule has 6 nitrogen and oxygen atoms in total. The summed E-state index contributed by atoms with van der Waals surface area (Å²) >= 11 is 0. The molecule has 2 rings (SSSR count). The molecule has 0 radical (unpaired) electrons. The molecule has 0 spiro atoms. The van der Waals surface area contributed by atoms with Gasteiger partial charge in [-0.05, 0) is 32.9 Å². The summed E-state index contributed by atoms with van der Waals surface area (Å²) in [7, 11) is -3.29. The Morgan fingerprint density at radius 3 is 2.33 bits per heavy atom. The van der Waals surface area contributed by atoms with Crippen molar-refractivity contribution in [3.63, 3.8) is 0 Å². The first-order valence-corrected chi connectivity index (χ1v) is 8.67. The monoisotopic (exact) mass is 312 g/mol. The van der Waals surface area contributed by atoms with E-state index in [1.807, 2.05) is 25.1 Å². The average Bonchev–Trinajstić information content (AvgIpc) is 3.13. The van der Waals surface area contributed by atoms with E-state index in [2.05, 4.69) is 5.32 Å². The van der Waals surface area contributed by atoms with Crippen LogP contribution in [-0.4, -0.2) is 36.0 Å². The van der Waals surface area contributed by atoms with Gasteiger partial charge in [0.15, 0.2) is 5.78 Å². The number of anilines is 1. The lowest BCUT2D eigenvalue weighted by atomic mass is 10.3. The van der Waals surface area contributed by atoms with Crippen LogP contribution in [0, 0.1) is 0 Å². The molecule has 7 heteroatoms. The predicted molar refractivity (Wildman–Crippen MR) is 81.4 cm³/mol. The Bertz CT molecular complexity index is 527. The van der Waals surface area contributed by atoms with Gasteiger partial charge in [-0.1, -0.05) is 18.2 Å². The van der Waals surface area contributed by atoms with Crippen LogP contribution < -0.4 is 5.32 Å². The van der Waals surface area contributed by atoms with Crippen molar-refractivity contribution in [2.45, 2.75) is 32.6 Å². The number of urea groups is 1. The highest BCUT2D eigenvalue weighted by atomic mass is 31.2. The van der Waals surface area contributed by atoms with Crippen LogP contribution in [0.1, 0.15) is 20.8 Å². The van der Waals surface area contributed by atoms with Crippen molar-refractivity contribution in [1.82, 2.24) is 4.90 Å². The lowest BCUT2D eigenvalue weighted by Gasteiger charge is -2.16. The van der Waals surface area contributed by atoms with Crippen LogP contribution >= 0.6 is 7.60 Å². The van der Waals surface area contributed by atoms with Gasteiger partial charge in [-0.15, -0.1) is 0 Å². The molecule has 1 fully saturated rings. The van der Waals surface area contributed by atoms with Crippen LogP contribution in [0.3, 0.4) is 0 Å². The van der Waals surface area contributed by atoms with Crippen LogP contribution in [-0.2, 0) is 13.6 Å². The van der Waals surface area contributed by atoms with E-state index in [4.69, 9.17) is 9.05 Å². The molecule has 0 bridgehead atoms. The molecule has 1 aliphatic heterocycles. The molecular weight excluding hydrogens is 291 g/mol. The fourth-order valence-electron chi connectivity index (χ4n) is 2.31. The Morgan fingerprint density at radius 1 is 1.24 bits per heavy atom. The first-order valence-electron chi connectivity index (χ1n) is 7.06. The number of carbonyl (C=O) groups excluding carboxylic acids is 1. The highest BCUT2D eigenvalue weighted by molar-refractivity contribution is 7.55. The fraction of sp³-hybridized carbons (Fsp3) is 0.500. The highest BCUT2D eigenvalue weighted by Crippen LogP contribution is 2.62. The molecule has 21 heavy (non-hydrogen) atoms. The van der Waals surface area contributed by atoms with Crippen molar-refractivity contribution >= 4 is 19.3 Å². The first-order chi connectivity index (χ1) is 10.0. The number of rotatable bonds is 6. The van der Waals surface area contributed by atoms with Crippen molar-refractivity contribution in [2.75, 3.05) is 18.5 Å². The van der Waals surface area contributed by atoms with Crippen LogP contribution in [0.4, 0.5) is 10.5 Å². The Balaban J connectivity index is 2.05. The molecule has 1 heterocycles. The normalized spacial score (nSPS) is 21.2. The minimum atomic E-state index is -3.29. The third-order valence-electron chi connectivity index (χ3n) is 3.27. The van der Waals surface area contributed by atoms with Crippen LogP contribution in [0.5, 0.6) is 0 Å². The molecule has 0 aliphatic carbocycles. The van der Waals surface area contributed by atoms with E-state index in [0.29, 0.717) is 5.69 Å². The van der Waals surface area contributed by atoms with E-state index in [1.165, 1.54) is 4.90 Å². The Morgan fingerprint density at radius 2 is 1.81 bits per heavy atom. The predicted octanol–water partition coefficient (Wildman–Crippen LogP) is 3.51. The molecule has 1 aliphatic rings. The van der Waals surface area contributed by atoms with Gasteiger partial charge in [0, 0.05) is 5.69 Å². The Labute approximate surface area is 125 Å². The molecule has 1 N–H and O–H groups in total. The second-order valence-electron chi connectivity index (χ2n) is 4.73. The van der Waals surface area contributed by atoms with E-state index in [-0.39, 0.29) is 25.3 Å². The van der Waals surface area contributed by atoms with E-state index in [1.54, 1.807) is 26.0 Å². The van der Waals surface area contributed by atoms with Gasteiger partial charge in [-0.25, -0.2) is 4.79 Å². The lowest BCUT2D eigenvalue weighted by molar-refractivity contribution is 0.211. The van der Waals surface area contributed by atoms with Crippen molar-refractivity contribution < 1.29 is 18.4 Å². The van der Waals surface area contributed by atoms with Gasteiger partial charge in [-0.2, -0.15) is 0 Å². The number of carbonyl (C=O) groups is 1. The summed E-state index contributed by atoms with van der Waals surface area (Å²) in [6.45, 7) is 5.92. The van der Waals surface area contributed by atoms with Gasteiger partial charge >= 0.3 is 13.6 Å². The maximum Gasteiger partial charge on any atom is 0.355 e. The minimum Gasteiger partial charge on any atom is -0.308 e. The number of amides is 2. The van der Waals surface area contributed by atoms with E-state index >= 15 is 0 Å². The molecule has 0 aromatic heterocycles. The number of benzene rings is 1. The van der Waals surface area contributed by atoms with Crippen molar-refractivity contribution in [3.05, 3.63) is 30.3 Å². The summed E-state index contributed by atoms with van der Waals surface area (Å²) in [4.78, 5) is 13.7. The zero-order valence-electron chi connectivity index (χ0n) is 12.5. The number of para-hydroxylation sites is 1. The fourth-order valence-corrected chi connectivity index (χ4v) is 4.63. The van der Waals surface area contributed by atoms with Crippen molar-refractivity contribution in [1.29, 1.82) is 0 Å². The Hall–Kier alpha value is -1.36. The maximum atomic E-state index is 12.7. The minimum absolute atomic E-state index is 0.169. The summed E-state index contributed by atoms with van der Waals surface area (Å²) in [5, 5.41) is 2.78. The van der Waals surface area contributed by atoms with Crippen LogP contribution in [0.25, 0.3) is 0 Å². The average molecular weight is 312 g/mol. The molecular formula is C14H21N2O4P. The highest BCUT2D eigenvalue weighted by Gasteiger charge is 2.60. The second-order valence-corrected chi connectivity index (χ2v) is 6.86. The largest absolute Gasteiger partial charge is 0.355 e. The number of hydrogen-bond donors (Lipinski definition) is 1.